The number of rotatable bonds is 5. The maximum atomic E-state index is 13.9. The number of sulfonamides is 1. The van der Waals surface area contributed by atoms with E-state index in [1.54, 1.807) is 24.3 Å². The topological polar surface area (TPSA) is 79.0 Å². The Balaban J connectivity index is 1.11. The number of nitrogens with one attached hydrogen (secondary N) is 1. The number of ether oxygens (including phenoxy) is 1. The van der Waals surface area contributed by atoms with Gasteiger partial charge in [0.05, 0.1) is 10.8 Å². The van der Waals surface area contributed by atoms with Crippen LogP contribution in [0, 0.1) is 0 Å². The highest BCUT2D eigenvalue weighted by molar-refractivity contribution is 7.92. The number of hydrogen-bond acceptors (Lipinski definition) is 5. The second-order valence-electron chi connectivity index (χ2n) is 11.8. The number of benzene rings is 4. The molecule has 4 aromatic rings. The quantitative estimate of drug-likeness (QED) is 0.296. The van der Waals surface area contributed by atoms with Crippen LogP contribution in [-0.4, -0.2) is 45.4 Å². The van der Waals surface area contributed by atoms with Crippen LogP contribution >= 0.6 is 0 Å². The summed E-state index contributed by atoms with van der Waals surface area (Å²) in [5, 5.41) is 0. The molecule has 0 aliphatic carbocycles. The molecule has 0 aromatic heterocycles. The molecule has 0 spiro atoms. The van der Waals surface area contributed by atoms with Gasteiger partial charge >= 0.3 is 0 Å². The zero-order chi connectivity index (χ0) is 29.5. The maximum Gasteiger partial charge on any atom is 0.261 e. The van der Waals surface area contributed by atoms with Gasteiger partial charge in [-0.05, 0) is 59.5 Å². The van der Waals surface area contributed by atoms with Crippen LogP contribution < -0.4 is 14.4 Å². The Hall–Kier alpha value is -4.30. The van der Waals surface area contributed by atoms with Crippen molar-refractivity contribution in [3.63, 3.8) is 0 Å². The van der Waals surface area contributed by atoms with Gasteiger partial charge in [-0.15, -0.1) is 0 Å². The van der Waals surface area contributed by atoms with Crippen LogP contribution in [0.4, 0.5) is 11.4 Å². The van der Waals surface area contributed by atoms with Crippen LogP contribution in [0.5, 0.6) is 11.5 Å². The lowest BCUT2D eigenvalue weighted by atomic mass is 9.86. The summed E-state index contributed by atoms with van der Waals surface area (Å²) in [6.07, 6.45) is 0. The highest BCUT2D eigenvalue weighted by atomic mass is 32.2. The highest BCUT2D eigenvalue weighted by Gasteiger charge is 2.36. The van der Waals surface area contributed by atoms with Crippen molar-refractivity contribution in [2.75, 3.05) is 35.8 Å². The van der Waals surface area contributed by atoms with E-state index in [1.165, 1.54) is 0 Å². The van der Waals surface area contributed by atoms with E-state index in [0.29, 0.717) is 31.9 Å². The second-order valence-corrected chi connectivity index (χ2v) is 13.5. The molecule has 0 bridgehead atoms. The molecule has 216 valence electrons. The van der Waals surface area contributed by atoms with E-state index in [2.05, 4.69) is 30.4 Å². The van der Waals surface area contributed by atoms with E-state index in [1.807, 2.05) is 77.7 Å². The normalized spacial score (nSPS) is 15.4. The lowest BCUT2D eigenvalue weighted by Gasteiger charge is -2.38. The summed E-state index contributed by atoms with van der Waals surface area (Å²) < 4.78 is 34.7. The number of anilines is 2. The fourth-order valence-electron chi connectivity index (χ4n) is 5.63. The largest absolute Gasteiger partial charge is 0.457 e. The summed E-state index contributed by atoms with van der Waals surface area (Å²) >= 11 is 0. The van der Waals surface area contributed by atoms with E-state index in [9.17, 15) is 13.2 Å². The Morgan fingerprint density at radius 3 is 1.86 bits per heavy atom. The molecule has 2 aliphatic rings. The molecular formula is C34H35N3O4S. The molecule has 0 atom stereocenters. The molecule has 2 aliphatic heterocycles. The summed E-state index contributed by atoms with van der Waals surface area (Å²) in [6.45, 7) is 8.85. The number of carbonyl (C=O) groups is 1. The molecule has 6 rings (SSSR count). The molecule has 0 saturated carbocycles. The number of fused-ring (bicyclic) bond motifs is 2. The zero-order valence-corrected chi connectivity index (χ0v) is 24.9. The van der Waals surface area contributed by atoms with Crippen molar-refractivity contribution in [1.82, 2.24) is 4.90 Å². The predicted octanol–water partition coefficient (Wildman–Crippen LogP) is 6.37. The molecule has 8 heteroatoms. The number of piperazine rings is 1. The van der Waals surface area contributed by atoms with Gasteiger partial charge in [0.25, 0.3) is 10.0 Å². The number of hydrogen-bond donors (Lipinski definition) is 1. The SMILES string of the molecule is CC(C)(C)c1ccc(S(=O)(=O)Nc2ccc(N3CCN(C(=O)C4c5ccccc5Oc5ccccc54)CC3)cc2)cc1. The zero-order valence-electron chi connectivity index (χ0n) is 24.1. The first kappa shape index (κ1) is 27.8. The van der Waals surface area contributed by atoms with Crippen molar-refractivity contribution in [3.05, 3.63) is 114 Å². The molecule has 0 radical (unpaired) electrons. The van der Waals surface area contributed by atoms with Crippen LogP contribution in [0.1, 0.15) is 43.4 Å². The lowest BCUT2D eigenvalue weighted by molar-refractivity contribution is -0.132. The Labute approximate surface area is 247 Å². The summed E-state index contributed by atoms with van der Waals surface area (Å²) in [6, 6.07) is 29.9. The Kier molecular flexibility index (Phi) is 7.19. The maximum absolute atomic E-state index is 13.9. The van der Waals surface area contributed by atoms with Gasteiger partial charge in [-0.2, -0.15) is 0 Å². The lowest BCUT2D eigenvalue weighted by Crippen LogP contribution is -2.50. The van der Waals surface area contributed by atoms with Crippen LogP contribution in [0.25, 0.3) is 0 Å². The fraction of sp³-hybridized carbons (Fsp3) is 0.265. The van der Waals surface area contributed by atoms with E-state index >= 15 is 0 Å². The average Bonchev–Trinajstić information content (AvgIpc) is 2.99. The summed E-state index contributed by atoms with van der Waals surface area (Å²) in [5.74, 6) is 1.14. The van der Waals surface area contributed by atoms with Crippen molar-refractivity contribution in [1.29, 1.82) is 0 Å². The van der Waals surface area contributed by atoms with Gasteiger partial charge in [-0.25, -0.2) is 8.42 Å². The van der Waals surface area contributed by atoms with Gasteiger partial charge in [0.2, 0.25) is 5.91 Å². The minimum atomic E-state index is -3.70. The molecule has 4 aromatic carbocycles. The molecule has 1 amide bonds. The summed E-state index contributed by atoms with van der Waals surface area (Å²) in [5.41, 5.74) is 4.31. The van der Waals surface area contributed by atoms with Crippen LogP contribution in [0.3, 0.4) is 0 Å². The van der Waals surface area contributed by atoms with Crippen LogP contribution in [0.2, 0.25) is 0 Å². The minimum Gasteiger partial charge on any atom is -0.457 e. The third-order valence-corrected chi connectivity index (χ3v) is 9.43. The van der Waals surface area contributed by atoms with Gasteiger partial charge < -0.3 is 14.5 Å². The fourth-order valence-corrected chi connectivity index (χ4v) is 6.69. The number of amides is 1. The highest BCUT2D eigenvalue weighted by Crippen LogP contribution is 2.44. The third kappa shape index (κ3) is 5.46. The van der Waals surface area contributed by atoms with Crippen molar-refractivity contribution >= 4 is 27.3 Å². The standard InChI is InChI=1S/C34H35N3O4S/c1-34(2,3)24-12-18-27(19-13-24)42(39,40)35-25-14-16-26(17-15-25)36-20-22-37(23-21-36)33(38)32-28-8-4-6-10-30(28)41-31-11-7-5-9-29(31)32/h4-19,32,35H,20-23H2,1-3H3. The number of carbonyl (C=O) groups excluding carboxylic acids is 1. The second kappa shape index (κ2) is 10.8. The first-order chi connectivity index (χ1) is 20.1. The molecule has 42 heavy (non-hydrogen) atoms. The molecule has 0 unspecified atom stereocenters. The van der Waals surface area contributed by atoms with Crippen molar-refractivity contribution in [2.45, 2.75) is 37.0 Å². The molecule has 1 saturated heterocycles. The molecule has 7 nitrogen and oxygen atoms in total. The van der Waals surface area contributed by atoms with Gasteiger partial charge in [0.15, 0.2) is 0 Å². The third-order valence-electron chi connectivity index (χ3n) is 8.03. The predicted molar refractivity (Wildman–Crippen MR) is 166 cm³/mol. The summed E-state index contributed by atoms with van der Waals surface area (Å²) in [4.78, 5) is 18.3. The Morgan fingerprint density at radius 1 is 0.762 bits per heavy atom. The summed E-state index contributed by atoms with van der Waals surface area (Å²) in [7, 11) is -3.70. The van der Waals surface area contributed by atoms with Gasteiger partial charge in [0, 0.05) is 48.7 Å². The van der Waals surface area contributed by atoms with Gasteiger partial charge in [-0.3, -0.25) is 9.52 Å². The van der Waals surface area contributed by atoms with E-state index in [-0.39, 0.29) is 16.2 Å². The smallest absolute Gasteiger partial charge is 0.261 e. The first-order valence-electron chi connectivity index (χ1n) is 14.2. The number of nitrogens with zero attached hydrogens (tertiary/aromatic N) is 2. The average molecular weight is 582 g/mol. The van der Waals surface area contributed by atoms with E-state index < -0.39 is 15.9 Å². The monoisotopic (exact) mass is 581 g/mol. The van der Waals surface area contributed by atoms with Crippen LogP contribution in [-0.2, 0) is 20.2 Å². The van der Waals surface area contributed by atoms with E-state index in [4.69, 9.17) is 4.74 Å². The van der Waals surface area contributed by atoms with Gasteiger partial charge in [0.1, 0.15) is 11.5 Å². The van der Waals surface area contributed by atoms with Crippen molar-refractivity contribution in [3.8, 4) is 11.5 Å². The first-order valence-corrected chi connectivity index (χ1v) is 15.7. The van der Waals surface area contributed by atoms with Crippen molar-refractivity contribution < 1.29 is 17.9 Å². The molecule has 1 fully saturated rings. The molecule has 2 heterocycles. The molecular weight excluding hydrogens is 546 g/mol. The number of para-hydroxylation sites is 2. The molecule has 1 N–H and O–H groups in total. The van der Waals surface area contributed by atoms with Gasteiger partial charge in [-0.1, -0.05) is 69.3 Å². The van der Waals surface area contributed by atoms with E-state index in [0.717, 1.165) is 33.9 Å². The van der Waals surface area contributed by atoms with Crippen LogP contribution in [0.15, 0.2) is 102 Å². The Bertz CT molecular complexity index is 1660. The van der Waals surface area contributed by atoms with Crippen molar-refractivity contribution in [2.24, 2.45) is 0 Å². The minimum absolute atomic E-state index is 0.0496. The Morgan fingerprint density at radius 2 is 1.31 bits per heavy atom.